The van der Waals surface area contributed by atoms with E-state index in [1.165, 1.54) is 0 Å². The van der Waals surface area contributed by atoms with E-state index in [-0.39, 0.29) is 37.1 Å². The van der Waals surface area contributed by atoms with Crippen molar-refractivity contribution < 1.29 is 17.6 Å². The standard InChI is InChI=1S/C8H15F2N.C7H13F2N/c1-7(2,3)11-5-4-8(9,10)6-11;1-6(2,3)10-4-7(8,9)5-10/h4-6H2,1-3H3;4-5H2,1-3H3. The number of hydrogen-bond donors (Lipinski definition) is 0. The van der Waals surface area contributed by atoms with Gasteiger partial charge in [0, 0.05) is 24.0 Å². The Morgan fingerprint density at radius 3 is 1.19 bits per heavy atom. The van der Waals surface area contributed by atoms with Crippen molar-refractivity contribution in [1.82, 2.24) is 9.80 Å². The molecule has 0 bridgehead atoms. The van der Waals surface area contributed by atoms with Gasteiger partial charge in [-0.25, -0.2) is 17.6 Å². The second kappa shape index (κ2) is 5.69. The lowest BCUT2D eigenvalue weighted by Gasteiger charge is -2.47. The maximum absolute atomic E-state index is 12.7. The summed E-state index contributed by atoms with van der Waals surface area (Å²) in [6.45, 7) is 12.0. The van der Waals surface area contributed by atoms with Gasteiger partial charge in [0.25, 0.3) is 11.8 Å². The smallest absolute Gasteiger partial charge is 0.272 e. The SMILES string of the molecule is CC(C)(C)N1CC(F)(F)C1.CC(C)(C)N1CCC(F)(F)C1. The summed E-state index contributed by atoms with van der Waals surface area (Å²) in [5.74, 6) is -4.87. The first-order valence-electron chi connectivity index (χ1n) is 7.38. The van der Waals surface area contributed by atoms with E-state index >= 15 is 0 Å². The van der Waals surface area contributed by atoms with Crippen molar-refractivity contribution in [1.29, 1.82) is 0 Å². The molecule has 0 aromatic carbocycles. The van der Waals surface area contributed by atoms with Crippen LogP contribution >= 0.6 is 0 Å². The molecule has 2 rings (SSSR count). The zero-order chi connectivity index (χ0) is 16.7. The third-order valence-electron chi connectivity index (χ3n) is 3.91. The minimum atomic E-state index is -2.45. The van der Waals surface area contributed by atoms with E-state index in [0.717, 1.165) is 0 Å². The van der Waals surface area contributed by atoms with E-state index in [2.05, 4.69) is 0 Å². The Morgan fingerprint density at radius 2 is 1.05 bits per heavy atom. The van der Waals surface area contributed by atoms with Gasteiger partial charge >= 0.3 is 0 Å². The number of halogens is 4. The molecule has 0 spiro atoms. The topological polar surface area (TPSA) is 6.48 Å². The van der Waals surface area contributed by atoms with Crippen molar-refractivity contribution in [3.8, 4) is 0 Å². The highest BCUT2D eigenvalue weighted by Crippen LogP contribution is 2.32. The number of hydrogen-bond acceptors (Lipinski definition) is 2. The van der Waals surface area contributed by atoms with Gasteiger partial charge < -0.3 is 0 Å². The first-order valence-corrected chi connectivity index (χ1v) is 7.38. The molecule has 0 unspecified atom stereocenters. The summed E-state index contributed by atoms with van der Waals surface area (Å²) in [6, 6.07) is 0. The van der Waals surface area contributed by atoms with E-state index in [0.29, 0.717) is 6.54 Å². The van der Waals surface area contributed by atoms with Crippen LogP contribution in [-0.2, 0) is 0 Å². The molecular formula is C15H28F4N2. The van der Waals surface area contributed by atoms with Gasteiger partial charge in [0.15, 0.2) is 0 Å². The molecule has 6 heteroatoms. The Bertz CT molecular complexity index is 348. The summed E-state index contributed by atoms with van der Waals surface area (Å²) in [5, 5.41) is 0. The van der Waals surface area contributed by atoms with Gasteiger partial charge in [-0.15, -0.1) is 0 Å². The molecule has 0 radical (unpaired) electrons. The summed E-state index contributed by atoms with van der Waals surface area (Å²) in [4.78, 5) is 3.60. The lowest BCUT2D eigenvalue weighted by molar-refractivity contribution is -0.160. The van der Waals surface area contributed by atoms with Gasteiger partial charge in [-0.1, -0.05) is 0 Å². The highest BCUT2D eigenvalue weighted by atomic mass is 19.3. The van der Waals surface area contributed by atoms with Crippen LogP contribution < -0.4 is 0 Å². The zero-order valence-electron chi connectivity index (χ0n) is 13.9. The molecule has 0 N–H and O–H groups in total. The minimum absolute atomic E-state index is 0.0181. The fourth-order valence-electron chi connectivity index (χ4n) is 2.29. The molecule has 2 aliphatic rings. The van der Waals surface area contributed by atoms with Crippen molar-refractivity contribution in [2.45, 2.75) is 70.9 Å². The second-order valence-electron chi connectivity index (χ2n) is 8.08. The Labute approximate surface area is 125 Å². The molecule has 0 aromatic heterocycles. The molecule has 0 aliphatic carbocycles. The Balaban J connectivity index is 0.000000211. The first-order chi connectivity index (χ1) is 9.12. The van der Waals surface area contributed by atoms with Crippen molar-refractivity contribution in [3.63, 3.8) is 0 Å². The maximum Gasteiger partial charge on any atom is 0.272 e. The van der Waals surface area contributed by atoms with Crippen LogP contribution in [0.1, 0.15) is 48.0 Å². The zero-order valence-corrected chi connectivity index (χ0v) is 13.9. The Morgan fingerprint density at radius 1 is 0.667 bits per heavy atom. The summed E-state index contributed by atoms with van der Waals surface area (Å²) in [7, 11) is 0. The number of rotatable bonds is 0. The molecule has 0 aromatic rings. The van der Waals surface area contributed by atoms with Crippen LogP contribution in [0.15, 0.2) is 0 Å². The van der Waals surface area contributed by atoms with Crippen LogP contribution in [0.4, 0.5) is 17.6 Å². The maximum atomic E-state index is 12.7. The average molecular weight is 312 g/mol. The fraction of sp³-hybridized carbons (Fsp3) is 1.00. The third kappa shape index (κ3) is 5.74. The number of alkyl halides is 4. The normalized spacial score (nSPS) is 26.0. The summed E-state index contributed by atoms with van der Waals surface area (Å²) in [5.41, 5.74) is -0.207. The van der Waals surface area contributed by atoms with Gasteiger partial charge in [0.1, 0.15) is 0 Å². The molecule has 2 saturated heterocycles. The number of nitrogens with zero attached hydrogens (tertiary/aromatic N) is 2. The summed E-state index contributed by atoms with van der Waals surface area (Å²) in [6.07, 6.45) is 0.0181. The highest BCUT2D eigenvalue weighted by molar-refractivity contribution is 4.93. The lowest BCUT2D eigenvalue weighted by Crippen LogP contribution is -2.62. The van der Waals surface area contributed by atoms with Gasteiger partial charge in [0.2, 0.25) is 0 Å². The van der Waals surface area contributed by atoms with E-state index in [1.54, 1.807) is 4.90 Å². The predicted octanol–water partition coefficient (Wildman–Crippen LogP) is 3.86. The molecule has 2 heterocycles. The molecule has 0 amide bonds. The molecule has 2 fully saturated rings. The van der Waals surface area contributed by atoms with Gasteiger partial charge in [-0.05, 0) is 41.5 Å². The van der Waals surface area contributed by atoms with Crippen molar-refractivity contribution in [3.05, 3.63) is 0 Å². The predicted molar refractivity (Wildman–Crippen MR) is 77.2 cm³/mol. The van der Waals surface area contributed by atoms with Crippen LogP contribution in [0.25, 0.3) is 0 Å². The molecular weight excluding hydrogens is 284 g/mol. The van der Waals surface area contributed by atoms with Gasteiger partial charge in [-0.2, -0.15) is 0 Å². The van der Waals surface area contributed by atoms with Gasteiger partial charge in [0.05, 0.1) is 19.6 Å². The van der Waals surface area contributed by atoms with Crippen LogP contribution in [0, 0.1) is 0 Å². The Kier molecular flexibility index (Phi) is 5.06. The van der Waals surface area contributed by atoms with E-state index in [4.69, 9.17) is 0 Å². The molecule has 0 saturated carbocycles. The van der Waals surface area contributed by atoms with Crippen LogP contribution in [0.5, 0.6) is 0 Å². The summed E-state index contributed by atoms with van der Waals surface area (Å²) < 4.78 is 49.9. The third-order valence-corrected chi connectivity index (χ3v) is 3.91. The van der Waals surface area contributed by atoms with E-state index in [1.807, 2.05) is 46.4 Å². The molecule has 0 atom stereocenters. The first kappa shape index (κ1) is 18.7. The molecule has 21 heavy (non-hydrogen) atoms. The van der Waals surface area contributed by atoms with Gasteiger partial charge in [-0.3, -0.25) is 9.80 Å². The number of likely N-dealkylation sites (tertiary alicyclic amines) is 2. The van der Waals surface area contributed by atoms with Crippen molar-refractivity contribution in [2.24, 2.45) is 0 Å². The van der Waals surface area contributed by atoms with E-state index in [9.17, 15) is 17.6 Å². The van der Waals surface area contributed by atoms with Crippen LogP contribution in [-0.4, -0.2) is 58.9 Å². The average Bonchev–Trinajstić information content (AvgIpc) is 2.54. The van der Waals surface area contributed by atoms with E-state index < -0.39 is 11.8 Å². The van der Waals surface area contributed by atoms with Crippen molar-refractivity contribution >= 4 is 0 Å². The molecule has 126 valence electrons. The minimum Gasteiger partial charge on any atom is -0.292 e. The van der Waals surface area contributed by atoms with Crippen molar-refractivity contribution in [2.75, 3.05) is 26.2 Å². The highest BCUT2D eigenvalue weighted by Gasteiger charge is 2.47. The van der Waals surface area contributed by atoms with Crippen LogP contribution in [0.2, 0.25) is 0 Å². The second-order valence-corrected chi connectivity index (χ2v) is 8.08. The quantitative estimate of drug-likeness (QED) is 0.627. The largest absolute Gasteiger partial charge is 0.292 e. The monoisotopic (exact) mass is 312 g/mol. The Hall–Kier alpha value is -0.360. The van der Waals surface area contributed by atoms with Crippen LogP contribution in [0.3, 0.4) is 0 Å². The summed E-state index contributed by atoms with van der Waals surface area (Å²) >= 11 is 0. The molecule has 2 aliphatic heterocycles. The fourth-order valence-corrected chi connectivity index (χ4v) is 2.29. The lowest BCUT2D eigenvalue weighted by atomic mass is 9.99. The molecule has 2 nitrogen and oxygen atoms in total.